The van der Waals surface area contributed by atoms with Crippen LogP contribution in [0.2, 0.25) is 0 Å². The third kappa shape index (κ3) is 641. The minimum Gasteiger partial charge on any atom is -0.120 e. The van der Waals surface area contributed by atoms with Crippen LogP contribution in [-0.4, -0.2) is 0 Å². The molecule has 0 fully saturated rings. The molecule has 0 aromatic carbocycles. The van der Waals surface area contributed by atoms with Gasteiger partial charge in [-0.25, -0.2) is 0 Å². The fourth-order valence-corrected chi connectivity index (χ4v) is 0. The van der Waals surface area contributed by atoms with Crippen molar-refractivity contribution in [1.82, 2.24) is 0 Å². The second-order valence-corrected chi connectivity index (χ2v) is 0.986. The molecule has 0 nitrogen and oxygen atoms in total. The topological polar surface area (TPSA) is 0 Å². The lowest BCUT2D eigenvalue weighted by molar-refractivity contribution is 1.23. The van der Waals surface area contributed by atoms with Gasteiger partial charge in [-0.3, -0.25) is 0 Å². The molecule has 40 valence electrons. The standard InChI is InChI=1S/C4H8.C3H4/c1-3-4-2;1-3-2/h3H,1,4H2,2H3;1H,2H3. The van der Waals surface area contributed by atoms with Crippen molar-refractivity contribution in [2.75, 3.05) is 0 Å². The summed E-state index contributed by atoms with van der Waals surface area (Å²) in [4.78, 5) is 0. The summed E-state index contributed by atoms with van der Waals surface area (Å²) in [7, 11) is 0. The van der Waals surface area contributed by atoms with Crippen LogP contribution < -0.4 is 0 Å². The lowest BCUT2D eigenvalue weighted by Crippen LogP contribution is -1.36. The van der Waals surface area contributed by atoms with E-state index < -0.39 is 0 Å². The summed E-state index contributed by atoms with van der Waals surface area (Å²) in [6.07, 6.45) is 7.56. The van der Waals surface area contributed by atoms with E-state index in [1.165, 1.54) is 0 Å². The molecule has 0 aromatic heterocycles. The Morgan fingerprint density at radius 1 is 1.86 bits per heavy atom. The molecule has 0 aliphatic rings. The van der Waals surface area contributed by atoms with Gasteiger partial charge < -0.3 is 0 Å². The van der Waals surface area contributed by atoms with Gasteiger partial charge in [0.2, 0.25) is 0 Å². The van der Waals surface area contributed by atoms with Crippen LogP contribution in [0.3, 0.4) is 0 Å². The normalized spacial score (nSPS) is 4.71. The Bertz CT molecular complexity index is 54.9. The highest BCUT2D eigenvalue weighted by atomic mass is 13.5. The first kappa shape index (κ1) is 9.57. The van der Waals surface area contributed by atoms with Crippen molar-refractivity contribution in [2.45, 2.75) is 20.3 Å². The van der Waals surface area contributed by atoms with Crippen LogP contribution in [0.5, 0.6) is 0 Å². The fourth-order valence-electron chi connectivity index (χ4n) is 0. The Morgan fingerprint density at radius 3 is 2.00 bits per heavy atom. The summed E-state index contributed by atoms with van der Waals surface area (Å²) >= 11 is 0. The largest absolute Gasteiger partial charge is 0.120 e. The van der Waals surface area contributed by atoms with Gasteiger partial charge in [0.1, 0.15) is 0 Å². The summed E-state index contributed by atoms with van der Waals surface area (Å²) in [6, 6.07) is 0. The highest BCUT2D eigenvalue weighted by molar-refractivity contribution is 4.73. The average Bonchev–Trinajstić information content (AvgIpc) is 1.69. The summed E-state index contributed by atoms with van der Waals surface area (Å²) in [5.41, 5.74) is 0. The van der Waals surface area contributed by atoms with Crippen LogP contribution >= 0.6 is 0 Å². The fraction of sp³-hybridized carbons (Fsp3) is 0.429. The van der Waals surface area contributed by atoms with Gasteiger partial charge in [0.25, 0.3) is 0 Å². The van der Waals surface area contributed by atoms with Crippen LogP contribution in [0.1, 0.15) is 20.3 Å². The molecular formula is C7H12. The van der Waals surface area contributed by atoms with E-state index in [-0.39, 0.29) is 0 Å². The van der Waals surface area contributed by atoms with Crippen molar-refractivity contribution in [1.29, 1.82) is 0 Å². The van der Waals surface area contributed by atoms with Crippen molar-refractivity contribution < 1.29 is 0 Å². The van der Waals surface area contributed by atoms with E-state index in [9.17, 15) is 0 Å². The van der Waals surface area contributed by atoms with Crippen molar-refractivity contribution in [3.8, 4) is 12.3 Å². The zero-order valence-electron chi connectivity index (χ0n) is 5.07. The Hall–Kier alpha value is -0.700. The van der Waals surface area contributed by atoms with Crippen molar-refractivity contribution in [2.24, 2.45) is 0 Å². The molecule has 7 heavy (non-hydrogen) atoms. The molecule has 0 radical (unpaired) electrons. The number of hydrogen-bond acceptors (Lipinski definition) is 0. The molecule has 0 amide bonds. The predicted molar refractivity (Wildman–Crippen MR) is 35.0 cm³/mol. The van der Waals surface area contributed by atoms with Gasteiger partial charge in [0.15, 0.2) is 0 Å². The Balaban J connectivity index is 0. The van der Waals surface area contributed by atoms with E-state index in [2.05, 4.69) is 25.8 Å². The maximum Gasteiger partial charge on any atom is -0.00297 e. The van der Waals surface area contributed by atoms with E-state index >= 15 is 0 Å². The molecule has 0 rings (SSSR count). The Morgan fingerprint density at radius 2 is 2.00 bits per heavy atom. The summed E-state index contributed by atoms with van der Waals surface area (Å²) in [6.45, 7) is 7.19. The van der Waals surface area contributed by atoms with E-state index in [1.54, 1.807) is 6.92 Å². The number of hydrogen-bond donors (Lipinski definition) is 0. The Labute approximate surface area is 46.2 Å². The van der Waals surface area contributed by atoms with Crippen molar-refractivity contribution in [3.63, 3.8) is 0 Å². The molecule has 0 saturated carbocycles. The summed E-state index contributed by atoms with van der Waals surface area (Å²) in [5.74, 6) is 2.25. The molecule has 0 aromatic rings. The minimum absolute atomic E-state index is 1.08. The monoisotopic (exact) mass is 96.1 g/mol. The van der Waals surface area contributed by atoms with Crippen LogP contribution in [0.4, 0.5) is 0 Å². The lowest BCUT2D eigenvalue weighted by Gasteiger charge is -1.57. The van der Waals surface area contributed by atoms with Crippen molar-refractivity contribution >= 4 is 0 Å². The van der Waals surface area contributed by atoms with Gasteiger partial charge in [-0.15, -0.1) is 18.9 Å². The van der Waals surface area contributed by atoms with Gasteiger partial charge in [-0.05, 0) is 13.3 Å². The molecule has 0 saturated heterocycles. The molecule has 0 bridgehead atoms. The van der Waals surface area contributed by atoms with Gasteiger partial charge >= 0.3 is 0 Å². The maximum atomic E-state index is 4.60. The second-order valence-electron chi connectivity index (χ2n) is 0.986. The maximum absolute atomic E-state index is 4.60. The first-order valence-electron chi connectivity index (χ1n) is 2.31. The van der Waals surface area contributed by atoms with Crippen LogP contribution in [0, 0.1) is 12.3 Å². The second kappa shape index (κ2) is 18.5. The zero-order valence-corrected chi connectivity index (χ0v) is 5.07. The molecule has 0 unspecified atom stereocenters. The molecular weight excluding hydrogens is 84.1 g/mol. The number of allylic oxidation sites excluding steroid dienone is 1. The van der Waals surface area contributed by atoms with Crippen molar-refractivity contribution in [3.05, 3.63) is 12.7 Å². The SMILES string of the molecule is C#CC.C=CCC. The van der Waals surface area contributed by atoms with Gasteiger partial charge in [-0.2, -0.15) is 0 Å². The average molecular weight is 96.2 g/mol. The third-order valence-electron chi connectivity index (χ3n) is 0.289. The number of rotatable bonds is 1. The van der Waals surface area contributed by atoms with E-state index in [0.29, 0.717) is 0 Å². The van der Waals surface area contributed by atoms with E-state index in [1.807, 2.05) is 6.08 Å². The molecule has 0 aliphatic heterocycles. The van der Waals surface area contributed by atoms with Crippen LogP contribution in [-0.2, 0) is 0 Å². The molecule has 0 heteroatoms. The molecule has 0 spiro atoms. The first-order valence-corrected chi connectivity index (χ1v) is 2.31. The highest BCUT2D eigenvalue weighted by Crippen LogP contribution is 1.66. The first-order chi connectivity index (χ1) is 3.33. The quantitative estimate of drug-likeness (QED) is 0.347. The zero-order chi connectivity index (χ0) is 6.12. The third-order valence-corrected chi connectivity index (χ3v) is 0.289. The molecule has 0 N–H and O–H groups in total. The molecule has 0 atom stereocenters. The van der Waals surface area contributed by atoms with E-state index in [0.717, 1.165) is 6.42 Å². The predicted octanol–water partition coefficient (Wildman–Crippen LogP) is 2.22. The summed E-state index contributed by atoms with van der Waals surface area (Å²) < 4.78 is 0. The van der Waals surface area contributed by atoms with Gasteiger partial charge in [-0.1, -0.05) is 13.0 Å². The molecule has 0 aliphatic carbocycles. The minimum atomic E-state index is 1.08. The van der Waals surface area contributed by atoms with Crippen LogP contribution in [0.15, 0.2) is 12.7 Å². The van der Waals surface area contributed by atoms with Crippen LogP contribution in [0.25, 0.3) is 0 Å². The number of terminal acetylenes is 1. The Kier molecular flexibility index (Phi) is 25.3. The van der Waals surface area contributed by atoms with Gasteiger partial charge in [0.05, 0.1) is 0 Å². The lowest BCUT2D eigenvalue weighted by atomic mass is 10.5. The summed E-state index contributed by atoms with van der Waals surface area (Å²) in [5, 5.41) is 0. The highest BCUT2D eigenvalue weighted by Gasteiger charge is 1.45. The molecule has 0 heterocycles. The van der Waals surface area contributed by atoms with Gasteiger partial charge in [0, 0.05) is 0 Å². The smallest absolute Gasteiger partial charge is 0.00297 e. The van der Waals surface area contributed by atoms with E-state index in [4.69, 9.17) is 0 Å².